The fraction of sp³-hybridized carbons (Fsp3) is 0.280. The molecule has 0 saturated carbocycles. The standard InChI is InChI=1S/2C25H29FO2Si/c2*1-4-27-21-13-15-23(16-14-21)29(2,3)18-8-9-20-12-17-24(26)25(19-20)28-22-10-6-5-7-11-22/h2*5-7,10-17,19H,4,8-9,18H2,1-3H3. The highest BCUT2D eigenvalue weighted by Gasteiger charge is 2.24. The molecule has 0 fully saturated rings. The molecule has 8 heteroatoms. The summed E-state index contributed by atoms with van der Waals surface area (Å²) in [6, 6.07) is 48.5. The van der Waals surface area contributed by atoms with Gasteiger partial charge in [-0.1, -0.05) is 134 Å². The van der Waals surface area contributed by atoms with E-state index in [1.165, 1.54) is 34.6 Å². The van der Waals surface area contributed by atoms with Gasteiger partial charge in [0.25, 0.3) is 0 Å². The summed E-state index contributed by atoms with van der Waals surface area (Å²) in [6.45, 7) is 15.0. The highest BCUT2D eigenvalue weighted by Crippen LogP contribution is 2.28. The van der Waals surface area contributed by atoms with Crippen LogP contribution < -0.4 is 29.3 Å². The van der Waals surface area contributed by atoms with Crippen LogP contribution >= 0.6 is 0 Å². The van der Waals surface area contributed by atoms with Crippen molar-refractivity contribution in [2.24, 2.45) is 0 Å². The molecule has 0 unspecified atom stereocenters. The number of hydrogen-bond acceptors (Lipinski definition) is 4. The minimum absolute atomic E-state index is 0.289. The van der Waals surface area contributed by atoms with Gasteiger partial charge in [0, 0.05) is 0 Å². The highest BCUT2D eigenvalue weighted by atomic mass is 28.3. The van der Waals surface area contributed by atoms with E-state index in [9.17, 15) is 8.78 Å². The van der Waals surface area contributed by atoms with Crippen molar-refractivity contribution < 1.29 is 27.7 Å². The molecular weight excluding hydrogens is 759 g/mol. The summed E-state index contributed by atoms with van der Waals surface area (Å²) < 4.78 is 50.8. The Labute approximate surface area is 346 Å². The summed E-state index contributed by atoms with van der Waals surface area (Å²) in [4.78, 5) is 0. The topological polar surface area (TPSA) is 36.9 Å². The second-order valence-corrected chi connectivity index (χ2v) is 25.4. The Morgan fingerprint density at radius 2 is 0.793 bits per heavy atom. The third kappa shape index (κ3) is 13.5. The number of benzene rings is 6. The van der Waals surface area contributed by atoms with Gasteiger partial charge in [-0.15, -0.1) is 0 Å². The summed E-state index contributed by atoms with van der Waals surface area (Å²) in [5, 5.41) is 2.88. The van der Waals surface area contributed by atoms with Crippen molar-refractivity contribution in [1.82, 2.24) is 0 Å². The molecule has 0 heterocycles. The summed E-state index contributed by atoms with van der Waals surface area (Å²) in [6.07, 6.45) is 3.98. The predicted molar refractivity (Wildman–Crippen MR) is 242 cm³/mol. The van der Waals surface area contributed by atoms with Gasteiger partial charge in [0.1, 0.15) is 23.0 Å². The zero-order valence-electron chi connectivity index (χ0n) is 34.9. The molecule has 0 amide bonds. The second-order valence-electron chi connectivity index (χ2n) is 15.7. The average Bonchev–Trinajstić information content (AvgIpc) is 3.22. The molecular formula is C50H58F2O4Si2. The third-order valence-electron chi connectivity index (χ3n) is 10.4. The summed E-state index contributed by atoms with van der Waals surface area (Å²) in [7, 11) is -3.05. The second kappa shape index (κ2) is 21.5. The normalized spacial score (nSPS) is 11.3. The molecule has 0 aliphatic carbocycles. The molecule has 0 saturated heterocycles. The molecule has 304 valence electrons. The van der Waals surface area contributed by atoms with Crippen LogP contribution in [0, 0.1) is 11.6 Å². The monoisotopic (exact) mass is 816 g/mol. The highest BCUT2D eigenvalue weighted by molar-refractivity contribution is 6.90. The zero-order chi connectivity index (χ0) is 41.4. The van der Waals surface area contributed by atoms with Crippen LogP contribution in [0.15, 0.2) is 146 Å². The van der Waals surface area contributed by atoms with E-state index in [0.29, 0.717) is 24.7 Å². The number of para-hydroxylation sites is 2. The van der Waals surface area contributed by atoms with Gasteiger partial charge in [-0.25, -0.2) is 8.78 Å². The van der Waals surface area contributed by atoms with Crippen molar-refractivity contribution in [3.63, 3.8) is 0 Å². The van der Waals surface area contributed by atoms with Crippen molar-refractivity contribution in [3.05, 3.63) is 168 Å². The molecule has 0 aliphatic rings. The van der Waals surface area contributed by atoms with E-state index in [4.69, 9.17) is 18.9 Å². The van der Waals surface area contributed by atoms with E-state index in [1.807, 2.05) is 98.8 Å². The van der Waals surface area contributed by atoms with Gasteiger partial charge in [-0.05, 0) is 111 Å². The Hall–Kier alpha value is -5.19. The summed E-state index contributed by atoms with van der Waals surface area (Å²) >= 11 is 0. The Morgan fingerprint density at radius 3 is 1.14 bits per heavy atom. The predicted octanol–water partition coefficient (Wildman–Crippen LogP) is 13.1. The third-order valence-corrected chi connectivity index (χ3v) is 17.4. The van der Waals surface area contributed by atoms with Crippen LogP contribution in [0.1, 0.15) is 37.8 Å². The first kappa shape index (κ1) is 43.9. The number of halogens is 2. The molecule has 0 N–H and O–H groups in total. The number of rotatable bonds is 18. The number of aryl methyl sites for hydroxylation is 2. The summed E-state index contributed by atoms with van der Waals surface area (Å²) in [5.41, 5.74) is 2.21. The average molecular weight is 817 g/mol. The maximum atomic E-state index is 14.1. The lowest BCUT2D eigenvalue weighted by Gasteiger charge is -2.23. The van der Waals surface area contributed by atoms with Gasteiger partial charge in [-0.3, -0.25) is 0 Å². The van der Waals surface area contributed by atoms with Crippen molar-refractivity contribution in [2.75, 3.05) is 13.2 Å². The largest absolute Gasteiger partial charge is 0.494 e. The zero-order valence-corrected chi connectivity index (χ0v) is 36.9. The lowest BCUT2D eigenvalue weighted by molar-refractivity contribution is 0.340. The fourth-order valence-electron chi connectivity index (χ4n) is 6.89. The van der Waals surface area contributed by atoms with E-state index in [2.05, 4.69) is 74.7 Å². The van der Waals surface area contributed by atoms with Crippen molar-refractivity contribution in [2.45, 2.75) is 77.8 Å². The van der Waals surface area contributed by atoms with Crippen LogP contribution in [0.2, 0.25) is 38.3 Å². The van der Waals surface area contributed by atoms with Crippen LogP contribution in [0.25, 0.3) is 0 Å². The molecule has 4 nitrogen and oxygen atoms in total. The minimum atomic E-state index is -1.53. The van der Waals surface area contributed by atoms with Crippen molar-refractivity contribution in [1.29, 1.82) is 0 Å². The Bertz CT molecular complexity index is 1970. The molecule has 0 aliphatic heterocycles. The van der Waals surface area contributed by atoms with Gasteiger partial charge >= 0.3 is 0 Å². The maximum Gasteiger partial charge on any atom is 0.165 e. The minimum Gasteiger partial charge on any atom is -0.494 e. The van der Waals surface area contributed by atoms with Crippen LogP contribution in [-0.4, -0.2) is 29.4 Å². The lowest BCUT2D eigenvalue weighted by Crippen LogP contribution is -2.41. The van der Waals surface area contributed by atoms with Gasteiger partial charge in [0.15, 0.2) is 23.1 Å². The smallest absolute Gasteiger partial charge is 0.165 e. The van der Waals surface area contributed by atoms with Crippen LogP contribution in [0.5, 0.6) is 34.5 Å². The maximum absolute atomic E-state index is 14.1. The van der Waals surface area contributed by atoms with Crippen LogP contribution in [-0.2, 0) is 12.8 Å². The Balaban J connectivity index is 0.000000221. The van der Waals surface area contributed by atoms with Gasteiger partial charge in [0.05, 0.1) is 29.4 Å². The molecule has 0 spiro atoms. The lowest BCUT2D eigenvalue weighted by atomic mass is 10.1. The molecule has 0 aromatic heterocycles. The molecule has 6 aromatic carbocycles. The van der Waals surface area contributed by atoms with Crippen molar-refractivity contribution in [3.8, 4) is 34.5 Å². The number of ether oxygens (including phenoxy) is 4. The fourth-order valence-corrected chi connectivity index (χ4v) is 11.7. The number of hydrogen-bond donors (Lipinski definition) is 0. The molecule has 6 rings (SSSR count). The first-order chi connectivity index (χ1) is 28.0. The Kier molecular flexibility index (Phi) is 16.3. The van der Waals surface area contributed by atoms with Gasteiger partial charge in [-0.2, -0.15) is 0 Å². The van der Waals surface area contributed by atoms with Crippen molar-refractivity contribution >= 4 is 26.5 Å². The van der Waals surface area contributed by atoms with E-state index in [-0.39, 0.29) is 23.1 Å². The molecule has 0 bridgehead atoms. The van der Waals surface area contributed by atoms with E-state index in [0.717, 1.165) is 48.3 Å². The van der Waals surface area contributed by atoms with E-state index in [1.54, 1.807) is 0 Å². The van der Waals surface area contributed by atoms with Gasteiger partial charge < -0.3 is 18.9 Å². The molecule has 0 atom stereocenters. The quantitative estimate of drug-likeness (QED) is 0.0810. The summed E-state index contributed by atoms with van der Waals surface area (Å²) in [5.74, 6) is 3.06. The van der Waals surface area contributed by atoms with E-state index >= 15 is 0 Å². The molecule has 6 aromatic rings. The molecule has 0 radical (unpaired) electrons. The van der Waals surface area contributed by atoms with Crippen LogP contribution in [0.3, 0.4) is 0 Å². The van der Waals surface area contributed by atoms with Crippen LogP contribution in [0.4, 0.5) is 8.78 Å². The first-order valence-corrected chi connectivity index (χ1v) is 26.9. The molecule has 58 heavy (non-hydrogen) atoms. The van der Waals surface area contributed by atoms with E-state index < -0.39 is 16.1 Å². The SMILES string of the molecule is CCOc1ccc([Si](C)(C)CCCc2ccc(F)c(Oc3ccccc3)c2)cc1.CCOc1ccc([Si](C)(C)CCCc2ccc(F)c(Oc3ccccc3)c2)cc1. The Morgan fingerprint density at radius 1 is 0.431 bits per heavy atom. The first-order valence-electron chi connectivity index (χ1n) is 20.4. The van der Waals surface area contributed by atoms with Gasteiger partial charge in [0.2, 0.25) is 0 Å².